The minimum atomic E-state index is -0.405. The molecule has 1 heterocycles. The van der Waals surface area contributed by atoms with Gasteiger partial charge in [0, 0.05) is 25.0 Å². The molecular formula is C13H24N2O2. The number of amides is 1. The zero-order chi connectivity index (χ0) is 12.6. The van der Waals surface area contributed by atoms with E-state index in [2.05, 4.69) is 0 Å². The predicted molar refractivity (Wildman–Crippen MR) is 66.6 cm³/mol. The molecule has 2 fully saturated rings. The summed E-state index contributed by atoms with van der Waals surface area (Å²) in [5.74, 6) is 1.17. The van der Waals surface area contributed by atoms with Gasteiger partial charge in [-0.1, -0.05) is 6.42 Å². The molecule has 1 aliphatic heterocycles. The van der Waals surface area contributed by atoms with Gasteiger partial charge in [0.1, 0.15) is 5.60 Å². The molecule has 0 aromatic heterocycles. The third-order valence-corrected chi connectivity index (χ3v) is 3.80. The van der Waals surface area contributed by atoms with Gasteiger partial charge in [0.2, 0.25) is 0 Å². The summed E-state index contributed by atoms with van der Waals surface area (Å²) < 4.78 is 5.32. The second-order valence-corrected chi connectivity index (χ2v) is 6.41. The van der Waals surface area contributed by atoms with Crippen molar-refractivity contribution in [2.75, 3.05) is 13.1 Å². The van der Waals surface area contributed by atoms with Crippen LogP contribution in [0.15, 0.2) is 0 Å². The molecule has 17 heavy (non-hydrogen) atoms. The molecule has 2 rings (SSSR count). The van der Waals surface area contributed by atoms with E-state index in [1.54, 1.807) is 4.90 Å². The van der Waals surface area contributed by atoms with Crippen molar-refractivity contribution < 1.29 is 9.53 Å². The molecule has 0 unspecified atom stereocenters. The molecule has 0 spiro atoms. The first-order valence-electron chi connectivity index (χ1n) is 6.60. The van der Waals surface area contributed by atoms with Crippen LogP contribution in [-0.4, -0.2) is 35.7 Å². The quantitative estimate of drug-likeness (QED) is 0.803. The Morgan fingerprint density at radius 2 is 1.88 bits per heavy atom. The predicted octanol–water partition coefficient (Wildman–Crippen LogP) is 1.98. The summed E-state index contributed by atoms with van der Waals surface area (Å²) in [7, 11) is 0. The van der Waals surface area contributed by atoms with Crippen molar-refractivity contribution >= 4 is 6.09 Å². The minimum absolute atomic E-state index is 0.199. The van der Waals surface area contributed by atoms with Gasteiger partial charge in [-0.25, -0.2) is 4.79 Å². The fourth-order valence-electron chi connectivity index (χ4n) is 2.44. The Bertz CT molecular complexity index is 288. The molecule has 0 aromatic carbocycles. The Morgan fingerprint density at radius 3 is 2.29 bits per heavy atom. The number of ether oxygens (including phenoxy) is 1. The van der Waals surface area contributed by atoms with Crippen LogP contribution in [0.5, 0.6) is 0 Å². The van der Waals surface area contributed by atoms with Crippen LogP contribution in [0, 0.1) is 11.8 Å². The SMILES string of the molecule is CC(C)(C)OC(=O)N1CC([C@H](N)C2CCC2)C1. The lowest BCUT2D eigenvalue weighted by molar-refractivity contribution is -0.0109. The Morgan fingerprint density at radius 1 is 1.29 bits per heavy atom. The monoisotopic (exact) mass is 240 g/mol. The van der Waals surface area contributed by atoms with Crippen molar-refractivity contribution in [2.45, 2.75) is 51.7 Å². The third kappa shape index (κ3) is 2.92. The number of likely N-dealkylation sites (tertiary alicyclic amines) is 1. The van der Waals surface area contributed by atoms with Crippen LogP contribution >= 0.6 is 0 Å². The molecule has 98 valence electrons. The van der Waals surface area contributed by atoms with Crippen LogP contribution in [0.3, 0.4) is 0 Å². The number of carbonyl (C=O) groups is 1. The van der Waals surface area contributed by atoms with E-state index in [9.17, 15) is 4.79 Å². The van der Waals surface area contributed by atoms with Crippen molar-refractivity contribution in [3.8, 4) is 0 Å². The van der Waals surface area contributed by atoms with E-state index in [0.29, 0.717) is 11.8 Å². The number of carbonyl (C=O) groups excluding carboxylic acids is 1. The molecule has 1 atom stereocenters. The summed E-state index contributed by atoms with van der Waals surface area (Å²) >= 11 is 0. The zero-order valence-electron chi connectivity index (χ0n) is 11.1. The lowest BCUT2D eigenvalue weighted by Gasteiger charge is -2.46. The number of nitrogens with two attached hydrogens (primary N) is 1. The van der Waals surface area contributed by atoms with Gasteiger partial charge < -0.3 is 15.4 Å². The van der Waals surface area contributed by atoms with Crippen molar-refractivity contribution in [3.05, 3.63) is 0 Å². The first-order chi connectivity index (χ1) is 7.87. The number of hydrogen-bond donors (Lipinski definition) is 1. The fraction of sp³-hybridized carbons (Fsp3) is 0.923. The Labute approximate surface area is 103 Å². The topological polar surface area (TPSA) is 55.6 Å². The van der Waals surface area contributed by atoms with E-state index < -0.39 is 5.60 Å². The van der Waals surface area contributed by atoms with Gasteiger partial charge in [0.15, 0.2) is 0 Å². The summed E-state index contributed by atoms with van der Waals surface area (Å²) in [5.41, 5.74) is 5.79. The first-order valence-corrected chi connectivity index (χ1v) is 6.60. The van der Waals surface area contributed by atoms with Crippen LogP contribution in [0.4, 0.5) is 4.79 Å². The van der Waals surface area contributed by atoms with E-state index in [-0.39, 0.29) is 12.1 Å². The lowest BCUT2D eigenvalue weighted by Crippen LogP contribution is -2.59. The highest BCUT2D eigenvalue weighted by Gasteiger charge is 2.40. The largest absolute Gasteiger partial charge is 0.444 e. The molecule has 2 aliphatic rings. The summed E-state index contributed by atoms with van der Waals surface area (Å²) in [5, 5.41) is 0. The van der Waals surface area contributed by atoms with E-state index >= 15 is 0 Å². The van der Waals surface area contributed by atoms with Gasteiger partial charge in [-0.3, -0.25) is 0 Å². The number of rotatable bonds is 2. The Hall–Kier alpha value is -0.770. The van der Waals surface area contributed by atoms with Gasteiger partial charge in [-0.2, -0.15) is 0 Å². The Balaban J connectivity index is 1.72. The van der Waals surface area contributed by atoms with Crippen LogP contribution in [0.2, 0.25) is 0 Å². The van der Waals surface area contributed by atoms with Gasteiger partial charge in [-0.15, -0.1) is 0 Å². The molecule has 4 heteroatoms. The second-order valence-electron chi connectivity index (χ2n) is 6.41. The average molecular weight is 240 g/mol. The molecule has 1 saturated carbocycles. The highest BCUT2D eigenvalue weighted by molar-refractivity contribution is 5.69. The van der Waals surface area contributed by atoms with Crippen LogP contribution in [-0.2, 0) is 4.74 Å². The van der Waals surface area contributed by atoms with Crippen LogP contribution in [0.25, 0.3) is 0 Å². The molecule has 2 N–H and O–H groups in total. The second kappa shape index (κ2) is 4.48. The summed E-state index contributed by atoms with van der Waals surface area (Å²) in [4.78, 5) is 13.5. The van der Waals surface area contributed by atoms with Gasteiger partial charge in [-0.05, 0) is 39.5 Å². The maximum atomic E-state index is 11.7. The molecule has 0 bridgehead atoms. The molecule has 0 radical (unpaired) electrons. The molecule has 1 aliphatic carbocycles. The summed E-state index contributed by atoms with van der Waals surface area (Å²) in [6.07, 6.45) is 3.66. The maximum absolute atomic E-state index is 11.7. The molecule has 4 nitrogen and oxygen atoms in total. The van der Waals surface area contributed by atoms with Crippen molar-refractivity contribution in [1.29, 1.82) is 0 Å². The van der Waals surface area contributed by atoms with Crippen molar-refractivity contribution in [3.63, 3.8) is 0 Å². The normalized spacial score (nSPS) is 23.9. The first kappa shape index (κ1) is 12.7. The molecule has 0 aromatic rings. The summed E-state index contributed by atoms with van der Waals surface area (Å²) in [6, 6.07) is 0.280. The highest BCUT2D eigenvalue weighted by Crippen LogP contribution is 2.34. The van der Waals surface area contributed by atoms with Crippen LogP contribution < -0.4 is 5.73 Å². The number of hydrogen-bond acceptors (Lipinski definition) is 3. The summed E-state index contributed by atoms with van der Waals surface area (Å²) in [6.45, 7) is 7.21. The van der Waals surface area contributed by atoms with Crippen molar-refractivity contribution in [1.82, 2.24) is 4.90 Å². The number of nitrogens with zero attached hydrogens (tertiary/aromatic N) is 1. The van der Waals surface area contributed by atoms with Crippen LogP contribution in [0.1, 0.15) is 40.0 Å². The molecule has 1 amide bonds. The zero-order valence-corrected chi connectivity index (χ0v) is 11.1. The smallest absolute Gasteiger partial charge is 0.410 e. The van der Waals surface area contributed by atoms with Crippen molar-refractivity contribution in [2.24, 2.45) is 17.6 Å². The molecule has 1 saturated heterocycles. The van der Waals surface area contributed by atoms with Gasteiger partial charge in [0.25, 0.3) is 0 Å². The third-order valence-electron chi connectivity index (χ3n) is 3.80. The van der Waals surface area contributed by atoms with E-state index in [0.717, 1.165) is 13.1 Å². The standard InChI is InChI=1S/C13H24N2O2/c1-13(2,3)17-12(16)15-7-10(8-15)11(14)9-5-4-6-9/h9-11H,4-8,14H2,1-3H3/t11-/m1/s1. The average Bonchev–Trinajstić information content (AvgIpc) is 1.92. The molecular weight excluding hydrogens is 216 g/mol. The van der Waals surface area contributed by atoms with Gasteiger partial charge >= 0.3 is 6.09 Å². The van der Waals surface area contributed by atoms with E-state index in [1.165, 1.54) is 19.3 Å². The fourth-order valence-corrected chi connectivity index (χ4v) is 2.44. The Kier molecular flexibility index (Phi) is 3.34. The van der Waals surface area contributed by atoms with E-state index in [1.807, 2.05) is 20.8 Å². The maximum Gasteiger partial charge on any atom is 0.410 e. The highest BCUT2D eigenvalue weighted by atomic mass is 16.6. The lowest BCUT2D eigenvalue weighted by atomic mass is 9.73. The minimum Gasteiger partial charge on any atom is -0.444 e. The van der Waals surface area contributed by atoms with E-state index in [4.69, 9.17) is 10.5 Å². The van der Waals surface area contributed by atoms with Gasteiger partial charge in [0.05, 0.1) is 0 Å².